The van der Waals surface area contributed by atoms with Gasteiger partial charge in [-0.3, -0.25) is 14.5 Å². The zero-order valence-electron chi connectivity index (χ0n) is 11.2. The summed E-state index contributed by atoms with van der Waals surface area (Å²) >= 11 is 0. The third-order valence-corrected chi connectivity index (χ3v) is 2.83. The van der Waals surface area contributed by atoms with Crippen LogP contribution in [0.4, 0.5) is 5.82 Å². The lowest BCUT2D eigenvalue weighted by Gasteiger charge is -2.16. The molecule has 1 atom stereocenters. The summed E-state index contributed by atoms with van der Waals surface area (Å²) in [5, 5.41) is 2.98. The highest BCUT2D eigenvalue weighted by Crippen LogP contribution is 2.25. The number of pyridine rings is 1. The lowest BCUT2D eigenvalue weighted by molar-refractivity contribution is -0.136. The third kappa shape index (κ3) is 2.83. The number of aromatic nitrogens is 1. The van der Waals surface area contributed by atoms with Crippen molar-refractivity contribution < 1.29 is 14.3 Å². The zero-order valence-corrected chi connectivity index (χ0v) is 11.2. The highest BCUT2D eigenvalue weighted by Gasteiger charge is 2.36. The number of amides is 2. The molecule has 2 rings (SSSR count). The van der Waals surface area contributed by atoms with E-state index in [1.807, 2.05) is 13.8 Å². The normalized spacial score (nSPS) is 19.2. The Morgan fingerprint density at radius 3 is 2.79 bits per heavy atom. The van der Waals surface area contributed by atoms with Gasteiger partial charge in [0.05, 0.1) is 12.5 Å². The summed E-state index contributed by atoms with van der Waals surface area (Å²) in [5.41, 5.74) is 0. The van der Waals surface area contributed by atoms with Gasteiger partial charge in [-0.15, -0.1) is 0 Å². The van der Waals surface area contributed by atoms with E-state index < -0.39 is 6.04 Å². The van der Waals surface area contributed by atoms with Crippen molar-refractivity contribution in [3.63, 3.8) is 0 Å². The fourth-order valence-electron chi connectivity index (χ4n) is 1.88. The van der Waals surface area contributed by atoms with Gasteiger partial charge < -0.3 is 10.1 Å². The molecule has 1 aliphatic rings. The Morgan fingerprint density at radius 1 is 1.47 bits per heavy atom. The standard InChI is InChI=1S/C13H17N3O3/c1-8(2)19-10-5-4-6-14-12(10)15-9-7-11(17)16(3)13(9)18/h4-6,8-9H,7H2,1-3H3,(H,14,15). The topological polar surface area (TPSA) is 71.5 Å². The average molecular weight is 263 g/mol. The maximum absolute atomic E-state index is 11.8. The number of nitrogens with one attached hydrogen (secondary N) is 1. The summed E-state index contributed by atoms with van der Waals surface area (Å²) in [6, 6.07) is 2.97. The molecule has 1 saturated heterocycles. The molecule has 0 saturated carbocycles. The van der Waals surface area contributed by atoms with E-state index in [4.69, 9.17) is 4.74 Å². The quantitative estimate of drug-likeness (QED) is 0.822. The molecule has 1 aromatic heterocycles. The largest absolute Gasteiger partial charge is 0.487 e. The number of imide groups is 1. The first-order chi connectivity index (χ1) is 8.99. The number of carbonyl (C=O) groups excluding carboxylic acids is 2. The molecular weight excluding hydrogens is 246 g/mol. The van der Waals surface area contributed by atoms with Gasteiger partial charge in [0.25, 0.3) is 5.91 Å². The lowest BCUT2D eigenvalue weighted by atomic mass is 10.2. The van der Waals surface area contributed by atoms with Crippen molar-refractivity contribution in [2.45, 2.75) is 32.4 Å². The van der Waals surface area contributed by atoms with Crippen LogP contribution < -0.4 is 10.1 Å². The predicted octanol–water partition coefficient (Wildman–Crippen LogP) is 1.04. The molecule has 0 spiro atoms. The molecule has 0 aromatic carbocycles. The molecular formula is C13H17N3O3. The molecule has 6 nitrogen and oxygen atoms in total. The zero-order chi connectivity index (χ0) is 14.0. The fourth-order valence-corrected chi connectivity index (χ4v) is 1.88. The molecule has 1 unspecified atom stereocenters. The molecule has 19 heavy (non-hydrogen) atoms. The van der Waals surface area contributed by atoms with Crippen LogP contribution in [0.3, 0.4) is 0 Å². The Labute approximate surface area is 111 Å². The number of carbonyl (C=O) groups is 2. The molecule has 0 aliphatic carbocycles. The summed E-state index contributed by atoms with van der Waals surface area (Å²) in [4.78, 5) is 28.6. The Balaban J connectivity index is 2.15. The molecule has 1 N–H and O–H groups in total. The van der Waals surface area contributed by atoms with Crippen LogP contribution in [0.1, 0.15) is 20.3 Å². The summed E-state index contributed by atoms with van der Waals surface area (Å²) < 4.78 is 5.61. The minimum absolute atomic E-state index is 0.00772. The SMILES string of the molecule is CC(C)Oc1cccnc1NC1CC(=O)N(C)C1=O. The van der Waals surface area contributed by atoms with Crippen LogP contribution in [0.5, 0.6) is 5.75 Å². The molecule has 1 aromatic rings. The number of rotatable bonds is 4. The number of likely N-dealkylation sites (tertiary alicyclic amines) is 1. The smallest absolute Gasteiger partial charge is 0.251 e. The predicted molar refractivity (Wildman–Crippen MR) is 69.8 cm³/mol. The summed E-state index contributed by atoms with van der Waals surface area (Å²) in [6.45, 7) is 3.82. The molecule has 0 bridgehead atoms. The lowest BCUT2D eigenvalue weighted by Crippen LogP contribution is -2.32. The van der Waals surface area contributed by atoms with Crippen molar-refractivity contribution in [1.29, 1.82) is 0 Å². The highest BCUT2D eigenvalue weighted by atomic mass is 16.5. The number of hydrogen-bond acceptors (Lipinski definition) is 5. The third-order valence-electron chi connectivity index (χ3n) is 2.83. The van der Waals surface area contributed by atoms with E-state index in [2.05, 4.69) is 10.3 Å². The van der Waals surface area contributed by atoms with Crippen molar-refractivity contribution in [3.8, 4) is 5.75 Å². The van der Waals surface area contributed by atoms with Crippen LogP contribution in [-0.2, 0) is 9.59 Å². The summed E-state index contributed by atoms with van der Waals surface area (Å²) in [7, 11) is 1.48. The second kappa shape index (κ2) is 5.26. The van der Waals surface area contributed by atoms with E-state index in [0.717, 1.165) is 4.90 Å². The van der Waals surface area contributed by atoms with Crippen LogP contribution in [-0.4, -0.2) is 40.9 Å². The number of anilines is 1. The Morgan fingerprint density at radius 2 is 2.21 bits per heavy atom. The van der Waals surface area contributed by atoms with Crippen LogP contribution in [0, 0.1) is 0 Å². The van der Waals surface area contributed by atoms with Crippen molar-refractivity contribution in [2.75, 3.05) is 12.4 Å². The highest BCUT2D eigenvalue weighted by molar-refractivity contribution is 6.06. The average Bonchev–Trinajstić information content (AvgIpc) is 2.59. The Hall–Kier alpha value is -2.11. The van der Waals surface area contributed by atoms with Gasteiger partial charge in [0, 0.05) is 13.2 Å². The first-order valence-corrected chi connectivity index (χ1v) is 6.17. The van der Waals surface area contributed by atoms with Gasteiger partial charge in [0.1, 0.15) is 6.04 Å². The number of hydrogen-bond donors (Lipinski definition) is 1. The molecule has 2 heterocycles. The van der Waals surface area contributed by atoms with Crippen molar-refractivity contribution in [2.24, 2.45) is 0 Å². The van der Waals surface area contributed by atoms with Crippen molar-refractivity contribution in [3.05, 3.63) is 18.3 Å². The maximum atomic E-state index is 11.8. The Bertz CT molecular complexity index is 502. The molecule has 102 valence electrons. The molecule has 0 radical (unpaired) electrons. The first-order valence-electron chi connectivity index (χ1n) is 6.17. The monoisotopic (exact) mass is 263 g/mol. The van der Waals surface area contributed by atoms with E-state index in [9.17, 15) is 9.59 Å². The van der Waals surface area contributed by atoms with Crippen molar-refractivity contribution in [1.82, 2.24) is 9.88 Å². The van der Waals surface area contributed by atoms with Gasteiger partial charge >= 0.3 is 0 Å². The summed E-state index contributed by atoms with van der Waals surface area (Å²) in [6.07, 6.45) is 1.77. The minimum Gasteiger partial charge on any atom is -0.487 e. The van der Waals surface area contributed by atoms with Crippen LogP contribution in [0.25, 0.3) is 0 Å². The molecule has 2 amide bonds. The Kier molecular flexibility index (Phi) is 3.69. The van der Waals surface area contributed by atoms with Gasteiger partial charge in [0.15, 0.2) is 11.6 Å². The fraction of sp³-hybridized carbons (Fsp3) is 0.462. The van der Waals surface area contributed by atoms with Gasteiger partial charge in [-0.05, 0) is 26.0 Å². The first kappa shape index (κ1) is 13.3. The molecule has 6 heteroatoms. The van der Waals surface area contributed by atoms with Crippen molar-refractivity contribution >= 4 is 17.6 Å². The molecule has 1 fully saturated rings. The number of likely N-dealkylation sites (N-methyl/N-ethyl adjacent to an activating group) is 1. The van der Waals surface area contributed by atoms with Crippen LogP contribution >= 0.6 is 0 Å². The second-order valence-electron chi connectivity index (χ2n) is 4.71. The van der Waals surface area contributed by atoms with E-state index >= 15 is 0 Å². The minimum atomic E-state index is -0.568. The second-order valence-corrected chi connectivity index (χ2v) is 4.71. The number of nitrogens with zero attached hydrogens (tertiary/aromatic N) is 2. The van der Waals surface area contributed by atoms with E-state index in [1.54, 1.807) is 18.3 Å². The van der Waals surface area contributed by atoms with E-state index in [1.165, 1.54) is 7.05 Å². The van der Waals surface area contributed by atoms with Crippen LogP contribution in [0.15, 0.2) is 18.3 Å². The van der Waals surface area contributed by atoms with Gasteiger partial charge in [0.2, 0.25) is 5.91 Å². The van der Waals surface area contributed by atoms with E-state index in [-0.39, 0.29) is 24.3 Å². The van der Waals surface area contributed by atoms with Gasteiger partial charge in [-0.2, -0.15) is 0 Å². The van der Waals surface area contributed by atoms with Gasteiger partial charge in [-0.25, -0.2) is 4.98 Å². The van der Waals surface area contributed by atoms with Gasteiger partial charge in [-0.1, -0.05) is 0 Å². The van der Waals surface area contributed by atoms with Crippen LogP contribution in [0.2, 0.25) is 0 Å². The summed E-state index contributed by atoms with van der Waals surface area (Å²) in [5.74, 6) is 0.626. The molecule has 1 aliphatic heterocycles. The number of ether oxygens (including phenoxy) is 1. The van der Waals surface area contributed by atoms with E-state index in [0.29, 0.717) is 11.6 Å². The maximum Gasteiger partial charge on any atom is 0.251 e.